The van der Waals surface area contributed by atoms with Crippen LogP contribution < -0.4 is 5.32 Å². The van der Waals surface area contributed by atoms with Gasteiger partial charge in [0.25, 0.3) is 11.1 Å². The Balaban J connectivity index is 1.76. The monoisotopic (exact) mass is 352 g/mol. The molecule has 2 heterocycles. The Kier molecular flexibility index (Phi) is 3.89. The van der Waals surface area contributed by atoms with Crippen LogP contribution in [0.25, 0.3) is 17.0 Å². The molecule has 4 rings (SSSR count). The summed E-state index contributed by atoms with van der Waals surface area (Å²) in [6, 6.07) is 14.2. The lowest BCUT2D eigenvalue weighted by atomic mass is 10.1. The molecule has 0 saturated carbocycles. The molecule has 0 radical (unpaired) electrons. The van der Waals surface area contributed by atoms with Crippen LogP contribution in [0.3, 0.4) is 0 Å². The normalized spacial score (nSPS) is 16.0. The predicted octanol–water partition coefficient (Wildman–Crippen LogP) is 4.15. The van der Waals surface area contributed by atoms with Gasteiger partial charge in [0.15, 0.2) is 0 Å². The van der Waals surface area contributed by atoms with Gasteiger partial charge in [0.2, 0.25) is 0 Å². The molecule has 6 heteroatoms. The van der Waals surface area contributed by atoms with Crippen molar-refractivity contribution in [3.05, 3.63) is 76.6 Å². The fourth-order valence-electron chi connectivity index (χ4n) is 2.87. The Labute approximate surface area is 147 Å². The van der Waals surface area contributed by atoms with Gasteiger partial charge in [0.05, 0.1) is 4.91 Å². The number of hydrogen-bond donors (Lipinski definition) is 1. The van der Waals surface area contributed by atoms with Crippen molar-refractivity contribution in [1.29, 1.82) is 0 Å². The van der Waals surface area contributed by atoms with E-state index in [9.17, 15) is 14.0 Å². The number of rotatable bonds is 3. The van der Waals surface area contributed by atoms with E-state index in [-0.39, 0.29) is 17.0 Å². The summed E-state index contributed by atoms with van der Waals surface area (Å²) >= 11 is 0.902. The molecule has 1 N–H and O–H groups in total. The van der Waals surface area contributed by atoms with Gasteiger partial charge in [0.1, 0.15) is 5.82 Å². The van der Waals surface area contributed by atoms with Crippen LogP contribution in [0.5, 0.6) is 0 Å². The van der Waals surface area contributed by atoms with E-state index in [0.29, 0.717) is 11.4 Å². The van der Waals surface area contributed by atoms with Crippen LogP contribution in [-0.2, 0) is 11.3 Å². The van der Waals surface area contributed by atoms with Crippen LogP contribution in [-0.4, -0.2) is 15.7 Å². The third-order valence-corrected chi connectivity index (χ3v) is 4.82. The van der Waals surface area contributed by atoms with Gasteiger partial charge in [-0.3, -0.25) is 14.9 Å². The van der Waals surface area contributed by atoms with Crippen LogP contribution in [0.4, 0.5) is 9.18 Å². The number of imide groups is 1. The van der Waals surface area contributed by atoms with Crippen LogP contribution >= 0.6 is 11.8 Å². The molecule has 1 aliphatic rings. The number of fused-ring (bicyclic) bond motifs is 1. The molecule has 25 heavy (non-hydrogen) atoms. The van der Waals surface area contributed by atoms with E-state index >= 15 is 0 Å². The fraction of sp³-hybridized carbons (Fsp3) is 0.0526. The molecule has 0 unspecified atom stereocenters. The summed E-state index contributed by atoms with van der Waals surface area (Å²) in [5.74, 6) is -0.633. The highest BCUT2D eigenvalue weighted by molar-refractivity contribution is 8.18. The molecule has 0 bridgehead atoms. The van der Waals surface area contributed by atoms with Crippen LogP contribution in [0, 0.1) is 5.82 Å². The zero-order valence-corrected chi connectivity index (χ0v) is 13.8. The number of aromatic nitrogens is 1. The Hall–Kier alpha value is -2.86. The second-order valence-electron chi connectivity index (χ2n) is 5.71. The molecule has 2 amide bonds. The zero-order valence-electron chi connectivity index (χ0n) is 13.0. The standard InChI is InChI=1S/C19H13FN2O2S/c20-14-7-5-12(6-8-14)10-22-11-13(15-3-1-2-4-16(15)22)9-17-18(23)21-19(24)25-17/h1-9,11H,10H2,(H,21,23,24)/b17-9-. The third-order valence-electron chi connectivity index (χ3n) is 4.01. The average Bonchev–Trinajstić information content (AvgIpc) is 3.10. The maximum Gasteiger partial charge on any atom is 0.290 e. The highest BCUT2D eigenvalue weighted by Gasteiger charge is 2.25. The SMILES string of the molecule is O=C1NC(=O)/C(=C/c2cn(Cc3ccc(F)cc3)c3ccccc23)S1. The van der Waals surface area contributed by atoms with Gasteiger partial charge in [-0.25, -0.2) is 4.39 Å². The summed E-state index contributed by atoms with van der Waals surface area (Å²) in [7, 11) is 0. The molecule has 1 saturated heterocycles. The Bertz CT molecular complexity index is 1020. The third kappa shape index (κ3) is 3.08. The number of amides is 2. The number of thioether (sulfide) groups is 1. The number of benzene rings is 2. The lowest BCUT2D eigenvalue weighted by Gasteiger charge is -2.05. The van der Waals surface area contributed by atoms with Gasteiger partial charge in [-0.1, -0.05) is 30.3 Å². The molecule has 3 aromatic rings. The highest BCUT2D eigenvalue weighted by atomic mass is 32.2. The molecular weight excluding hydrogens is 339 g/mol. The van der Waals surface area contributed by atoms with Crippen LogP contribution in [0.2, 0.25) is 0 Å². The average molecular weight is 352 g/mol. The molecule has 4 nitrogen and oxygen atoms in total. The summed E-state index contributed by atoms with van der Waals surface area (Å²) in [6.45, 7) is 0.586. The molecule has 0 aliphatic carbocycles. The van der Waals surface area contributed by atoms with E-state index in [2.05, 4.69) is 5.32 Å². The largest absolute Gasteiger partial charge is 0.342 e. The molecule has 0 spiro atoms. The Morgan fingerprint density at radius 2 is 1.84 bits per heavy atom. The van der Waals surface area contributed by atoms with Crippen molar-refractivity contribution in [2.75, 3.05) is 0 Å². The summed E-state index contributed by atoms with van der Waals surface area (Å²) in [6.07, 6.45) is 3.67. The number of hydrogen-bond acceptors (Lipinski definition) is 3. The van der Waals surface area contributed by atoms with E-state index in [1.165, 1.54) is 12.1 Å². The second-order valence-corrected chi connectivity index (χ2v) is 6.72. The van der Waals surface area contributed by atoms with Gasteiger partial charge in [-0.15, -0.1) is 0 Å². The number of para-hydroxylation sites is 1. The molecule has 1 aromatic heterocycles. The minimum absolute atomic E-state index is 0.263. The first-order valence-corrected chi connectivity index (χ1v) is 8.49. The maximum absolute atomic E-state index is 13.1. The maximum atomic E-state index is 13.1. The van der Waals surface area contributed by atoms with E-state index in [0.717, 1.165) is 33.8 Å². The predicted molar refractivity (Wildman–Crippen MR) is 96.5 cm³/mol. The quantitative estimate of drug-likeness (QED) is 0.721. The van der Waals surface area contributed by atoms with Crippen LogP contribution in [0.1, 0.15) is 11.1 Å². The molecule has 0 atom stereocenters. The summed E-state index contributed by atoms with van der Waals surface area (Å²) in [5.41, 5.74) is 2.85. The van der Waals surface area contributed by atoms with Crippen molar-refractivity contribution in [3.8, 4) is 0 Å². The first kappa shape index (κ1) is 15.7. The summed E-state index contributed by atoms with van der Waals surface area (Å²) in [5, 5.41) is 2.90. The number of carbonyl (C=O) groups excluding carboxylic acids is 2. The van der Waals surface area contributed by atoms with E-state index < -0.39 is 0 Å². The van der Waals surface area contributed by atoms with Gasteiger partial charge in [-0.05, 0) is 41.6 Å². The van der Waals surface area contributed by atoms with E-state index in [1.54, 1.807) is 18.2 Å². The summed E-state index contributed by atoms with van der Waals surface area (Å²) in [4.78, 5) is 23.5. The van der Waals surface area contributed by atoms with E-state index in [4.69, 9.17) is 0 Å². The molecule has 1 fully saturated rings. The minimum atomic E-state index is -0.370. The lowest BCUT2D eigenvalue weighted by molar-refractivity contribution is -0.115. The Morgan fingerprint density at radius 1 is 1.08 bits per heavy atom. The van der Waals surface area contributed by atoms with Crippen molar-refractivity contribution in [3.63, 3.8) is 0 Å². The van der Waals surface area contributed by atoms with Gasteiger partial charge >= 0.3 is 0 Å². The van der Waals surface area contributed by atoms with Gasteiger partial charge in [0, 0.05) is 29.2 Å². The smallest absolute Gasteiger partial charge is 0.290 e. The van der Waals surface area contributed by atoms with Gasteiger partial charge < -0.3 is 4.57 Å². The lowest BCUT2D eigenvalue weighted by Crippen LogP contribution is -2.17. The number of nitrogens with one attached hydrogen (secondary N) is 1. The minimum Gasteiger partial charge on any atom is -0.342 e. The topological polar surface area (TPSA) is 51.1 Å². The fourth-order valence-corrected chi connectivity index (χ4v) is 3.54. The van der Waals surface area contributed by atoms with Crippen molar-refractivity contribution in [2.24, 2.45) is 0 Å². The van der Waals surface area contributed by atoms with Crippen molar-refractivity contribution >= 4 is 39.9 Å². The first-order chi connectivity index (χ1) is 12.1. The van der Waals surface area contributed by atoms with Crippen LogP contribution in [0.15, 0.2) is 59.6 Å². The molecule has 1 aliphatic heterocycles. The molecule has 124 valence electrons. The number of nitrogens with zero attached hydrogens (tertiary/aromatic N) is 1. The number of carbonyl (C=O) groups is 2. The Morgan fingerprint density at radius 3 is 2.56 bits per heavy atom. The number of halogens is 1. The summed E-state index contributed by atoms with van der Waals surface area (Å²) < 4.78 is 15.1. The molecular formula is C19H13FN2O2S. The molecule has 2 aromatic carbocycles. The first-order valence-electron chi connectivity index (χ1n) is 7.67. The van der Waals surface area contributed by atoms with Gasteiger partial charge in [-0.2, -0.15) is 0 Å². The van der Waals surface area contributed by atoms with Crippen molar-refractivity contribution < 1.29 is 14.0 Å². The van der Waals surface area contributed by atoms with Crippen molar-refractivity contribution in [2.45, 2.75) is 6.54 Å². The van der Waals surface area contributed by atoms with Crippen molar-refractivity contribution in [1.82, 2.24) is 9.88 Å². The van der Waals surface area contributed by atoms with E-state index in [1.807, 2.05) is 35.0 Å². The highest BCUT2D eigenvalue weighted by Crippen LogP contribution is 2.30. The zero-order chi connectivity index (χ0) is 17.4. The second kappa shape index (κ2) is 6.22.